The van der Waals surface area contributed by atoms with Gasteiger partial charge in [0.05, 0.1) is 0 Å². The lowest BCUT2D eigenvalue weighted by atomic mass is 9.95. The summed E-state index contributed by atoms with van der Waals surface area (Å²) >= 11 is 0. The Labute approximate surface area is 80.5 Å². The van der Waals surface area contributed by atoms with Crippen LogP contribution in [0, 0.1) is 5.92 Å². The van der Waals surface area contributed by atoms with Crippen LogP contribution < -0.4 is 10.6 Å². The third kappa shape index (κ3) is 1.41. The Balaban J connectivity index is 2.21. The van der Waals surface area contributed by atoms with Crippen LogP contribution in [0.5, 0.6) is 0 Å². The summed E-state index contributed by atoms with van der Waals surface area (Å²) in [6.07, 6.45) is 4.54. The van der Waals surface area contributed by atoms with Gasteiger partial charge in [-0.2, -0.15) is 0 Å². The minimum atomic E-state index is -0.796. The van der Waals surface area contributed by atoms with Crippen LogP contribution in [-0.2, 0) is 9.59 Å². The number of carbonyl (C=O) groups excluding carboxylic acids is 3. The highest BCUT2D eigenvalue weighted by molar-refractivity contribution is 6.17. The molecule has 1 aliphatic heterocycles. The first kappa shape index (κ1) is 8.93. The predicted octanol–water partition coefficient (Wildman–Crippen LogP) is 0.0789. The van der Waals surface area contributed by atoms with Crippen molar-refractivity contribution in [2.75, 3.05) is 0 Å². The van der Waals surface area contributed by atoms with E-state index in [4.69, 9.17) is 0 Å². The van der Waals surface area contributed by atoms with Crippen molar-refractivity contribution in [3.8, 4) is 0 Å². The van der Waals surface area contributed by atoms with Crippen LogP contribution in [0.1, 0.15) is 19.3 Å². The fourth-order valence-corrected chi connectivity index (χ4v) is 1.81. The molecule has 0 aromatic rings. The number of nitrogens with one attached hydrogen (secondary N) is 2. The molecule has 1 fully saturated rings. The number of imide groups is 2. The van der Waals surface area contributed by atoms with Crippen LogP contribution in [0.2, 0.25) is 0 Å². The Morgan fingerprint density at radius 3 is 2.29 bits per heavy atom. The largest absolute Gasteiger partial charge is 0.328 e. The maximum Gasteiger partial charge on any atom is 0.328 e. The summed E-state index contributed by atoms with van der Waals surface area (Å²) in [7, 11) is 0. The molecule has 74 valence electrons. The minimum Gasteiger partial charge on any atom is -0.277 e. The van der Waals surface area contributed by atoms with E-state index < -0.39 is 23.8 Å². The second kappa shape index (κ2) is 3.25. The van der Waals surface area contributed by atoms with E-state index in [9.17, 15) is 14.4 Å². The number of rotatable bonds is 1. The molecule has 0 radical (unpaired) electrons. The van der Waals surface area contributed by atoms with Gasteiger partial charge in [0, 0.05) is 0 Å². The Bertz CT molecular complexity index is 326. The Morgan fingerprint density at radius 2 is 1.79 bits per heavy atom. The molecule has 0 unspecified atom stereocenters. The summed E-state index contributed by atoms with van der Waals surface area (Å²) in [5.41, 5.74) is 0.826. The number of hydrogen-bond acceptors (Lipinski definition) is 3. The van der Waals surface area contributed by atoms with Gasteiger partial charge in [0.1, 0.15) is 5.92 Å². The fraction of sp³-hybridized carbons (Fsp3) is 0.444. The molecule has 0 atom stereocenters. The SMILES string of the molecule is O=C1NC(=O)C(C2=CCCC2)C(=O)N1. The van der Waals surface area contributed by atoms with E-state index in [1.807, 2.05) is 6.08 Å². The second-order valence-corrected chi connectivity index (χ2v) is 3.41. The fourth-order valence-electron chi connectivity index (χ4n) is 1.81. The number of carbonyl (C=O) groups is 3. The van der Waals surface area contributed by atoms with Crippen molar-refractivity contribution >= 4 is 17.8 Å². The maximum absolute atomic E-state index is 11.4. The van der Waals surface area contributed by atoms with Crippen molar-refractivity contribution in [1.82, 2.24) is 10.6 Å². The van der Waals surface area contributed by atoms with Gasteiger partial charge in [-0.1, -0.05) is 11.6 Å². The normalized spacial score (nSPS) is 23.1. The Morgan fingerprint density at radius 1 is 1.14 bits per heavy atom. The number of allylic oxidation sites excluding steroid dienone is 1. The molecule has 2 N–H and O–H groups in total. The van der Waals surface area contributed by atoms with Gasteiger partial charge in [0.2, 0.25) is 11.8 Å². The van der Waals surface area contributed by atoms with E-state index in [1.54, 1.807) is 0 Å². The van der Waals surface area contributed by atoms with Crippen LogP contribution in [-0.4, -0.2) is 17.8 Å². The lowest BCUT2D eigenvalue weighted by molar-refractivity contribution is -0.134. The first-order valence-electron chi connectivity index (χ1n) is 4.53. The van der Waals surface area contributed by atoms with Crippen molar-refractivity contribution in [2.45, 2.75) is 19.3 Å². The van der Waals surface area contributed by atoms with E-state index in [0.717, 1.165) is 24.8 Å². The molecule has 5 nitrogen and oxygen atoms in total. The number of urea groups is 1. The van der Waals surface area contributed by atoms with Gasteiger partial charge < -0.3 is 0 Å². The van der Waals surface area contributed by atoms with Crippen LogP contribution in [0.3, 0.4) is 0 Å². The Kier molecular flexibility index (Phi) is 2.07. The van der Waals surface area contributed by atoms with Crippen LogP contribution in [0.15, 0.2) is 11.6 Å². The van der Waals surface area contributed by atoms with Gasteiger partial charge in [0.15, 0.2) is 0 Å². The maximum atomic E-state index is 11.4. The topological polar surface area (TPSA) is 75.3 Å². The third-order valence-corrected chi connectivity index (χ3v) is 2.44. The molecule has 0 spiro atoms. The van der Waals surface area contributed by atoms with Crippen molar-refractivity contribution < 1.29 is 14.4 Å². The van der Waals surface area contributed by atoms with Gasteiger partial charge in [-0.05, 0) is 19.3 Å². The number of amides is 4. The summed E-state index contributed by atoms with van der Waals surface area (Å²) in [5.74, 6) is -1.81. The molecule has 1 saturated heterocycles. The van der Waals surface area contributed by atoms with Crippen LogP contribution in [0.25, 0.3) is 0 Å². The Hall–Kier alpha value is -1.65. The van der Waals surface area contributed by atoms with Crippen LogP contribution >= 0.6 is 0 Å². The average molecular weight is 194 g/mol. The van der Waals surface area contributed by atoms with Crippen molar-refractivity contribution in [3.05, 3.63) is 11.6 Å². The van der Waals surface area contributed by atoms with Gasteiger partial charge in [-0.15, -0.1) is 0 Å². The average Bonchev–Trinajstić information content (AvgIpc) is 2.54. The molecule has 1 heterocycles. The zero-order valence-electron chi connectivity index (χ0n) is 7.50. The second-order valence-electron chi connectivity index (χ2n) is 3.41. The minimum absolute atomic E-state index is 0.508. The van der Waals surface area contributed by atoms with Gasteiger partial charge in [-0.25, -0.2) is 4.79 Å². The quantitative estimate of drug-likeness (QED) is 0.458. The molecular formula is C9H10N2O3. The first-order chi connectivity index (χ1) is 6.68. The van der Waals surface area contributed by atoms with Gasteiger partial charge in [-0.3, -0.25) is 20.2 Å². The molecule has 2 aliphatic rings. The monoisotopic (exact) mass is 194 g/mol. The molecule has 4 amide bonds. The van der Waals surface area contributed by atoms with Crippen LogP contribution in [0.4, 0.5) is 4.79 Å². The lowest BCUT2D eigenvalue weighted by Gasteiger charge is -2.21. The summed E-state index contributed by atoms with van der Waals surface area (Å²) in [6, 6.07) is -0.727. The zero-order valence-corrected chi connectivity index (χ0v) is 7.50. The molecule has 2 rings (SSSR count). The standard InChI is InChI=1S/C9H10N2O3/c12-7-6(5-3-1-2-4-5)8(13)11-9(14)10-7/h3,6H,1-2,4H2,(H2,10,11,12,13,14). The third-order valence-electron chi connectivity index (χ3n) is 2.44. The lowest BCUT2D eigenvalue weighted by Crippen LogP contribution is -2.56. The predicted molar refractivity (Wildman–Crippen MR) is 47.1 cm³/mol. The highest BCUT2D eigenvalue weighted by atomic mass is 16.2. The van der Waals surface area contributed by atoms with E-state index in [0.29, 0.717) is 0 Å². The van der Waals surface area contributed by atoms with Crippen molar-refractivity contribution in [3.63, 3.8) is 0 Å². The molecule has 0 aromatic heterocycles. The highest BCUT2D eigenvalue weighted by Crippen LogP contribution is 2.26. The van der Waals surface area contributed by atoms with E-state index >= 15 is 0 Å². The van der Waals surface area contributed by atoms with E-state index in [2.05, 4.69) is 10.6 Å². The zero-order chi connectivity index (χ0) is 10.1. The van der Waals surface area contributed by atoms with Crippen molar-refractivity contribution in [2.24, 2.45) is 5.92 Å². The summed E-state index contributed by atoms with van der Waals surface area (Å²) in [5, 5.41) is 4.17. The first-order valence-corrected chi connectivity index (χ1v) is 4.53. The summed E-state index contributed by atoms with van der Waals surface area (Å²) in [6.45, 7) is 0. The molecule has 0 bridgehead atoms. The molecule has 14 heavy (non-hydrogen) atoms. The van der Waals surface area contributed by atoms with Gasteiger partial charge in [0.25, 0.3) is 0 Å². The smallest absolute Gasteiger partial charge is 0.277 e. The highest BCUT2D eigenvalue weighted by Gasteiger charge is 2.37. The van der Waals surface area contributed by atoms with E-state index in [-0.39, 0.29) is 0 Å². The molecular weight excluding hydrogens is 184 g/mol. The molecule has 5 heteroatoms. The number of barbiturate groups is 1. The molecule has 0 saturated carbocycles. The van der Waals surface area contributed by atoms with E-state index in [1.165, 1.54) is 0 Å². The van der Waals surface area contributed by atoms with Gasteiger partial charge >= 0.3 is 6.03 Å². The summed E-state index contributed by atoms with van der Waals surface area (Å²) < 4.78 is 0. The number of hydrogen-bond donors (Lipinski definition) is 2. The van der Waals surface area contributed by atoms with Crippen molar-refractivity contribution in [1.29, 1.82) is 0 Å². The molecule has 0 aromatic carbocycles. The summed E-state index contributed by atoms with van der Waals surface area (Å²) in [4.78, 5) is 33.5. The molecule has 1 aliphatic carbocycles.